The predicted molar refractivity (Wildman–Crippen MR) is 92.8 cm³/mol. The number of methoxy groups -OCH3 is 1. The van der Waals surface area contributed by atoms with Crippen molar-refractivity contribution >= 4 is 15.7 Å². The molecule has 3 atom stereocenters. The SMILES string of the molecule is COc1ccc(S(=O)(=O)CC(C)C(=O)NC2CCNC(C)C2)cc1. The van der Waals surface area contributed by atoms with Gasteiger partial charge in [-0.05, 0) is 50.6 Å². The van der Waals surface area contributed by atoms with Crippen LogP contribution in [-0.2, 0) is 14.6 Å². The van der Waals surface area contributed by atoms with Crippen LogP contribution in [0.25, 0.3) is 0 Å². The maximum absolute atomic E-state index is 12.5. The molecule has 7 heteroatoms. The number of carbonyl (C=O) groups excluding carboxylic acids is 1. The molecule has 2 rings (SSSR count). The summed E-state index contributed by atoms with van der Waals surface area (Å²) >= 11 is 0. The summed E-state index contributed by atoms with van der Waals surface area (Å²) in [5.74, 6) is -0.403. The van der Waals surface area contributed by atoms with Crippen molar-refractivity contribution in [3.63, 3.8) is 0 Å². The van der Waals surface area contributed by atoms with Gasteiger partial charge in [0, 0.05) is 18.0 Å². The number of hydrogen-bond acceptors (Lipinski definition) is 5. The van der Waals surface area contributed by atoms with Crippen LogP contribution < -0.4 is 15.4 Å². The van der Waals surface area contributed by atoms with Crippen LogP contribution in [-0.4, -0.2) is 45.8 Å². The molecule has 1 aliphatic rings. The topological polar surface area (TPSA) is 84.5 Å². The third-order valence-electron chi connectivity index (χ3n) is 4.31. The lowest BCUT2D eigenvalue weighted by molar-refractivity contribution is -0.124. The minimum Gasteiger partial charge on any atom is -0.497 e. The van der Waals surface area contributed by atoms with E-state index in [2.05, 4.69) is 17.6 Å². The molecule has 0 aromatic heterocycles. The molecule has 1 aromatic rings. The number of sulfone groups is 1. The molecule has 24 heavy (non-hydrogen) atoms. The van der Waals surface area contributed by atoms with Gasteiger partial charge < -0.3 is 15.4 Å². The molecule has 1 saturated heterocycles. The highest BCUT2D eigenvalue weighted by Gasteiger charge is 2.26. The Morgan fingerprint density at radius 2 is 2.04 bits per heavy atom. The largest absolute Gasteiger partial charge is 0.497 e. The number of amides is 1. The number of ether oxygens (including phenoxy) is 1. The molecule has 1 fully saturated rings. The highest BCUT2D eigenvalue weighted by molar-refractivity contribution is 7.91. The van der Waals surface area contributed by atoms with Crippen molar-refractivity contribution in [2.24, 2.45) is 5.92 Å². The summed E-state index contributed by atoms with van der Waals surface area (Å²) in [5, 5.41) is 6.30. The van der Waals surface area contributed by atoms with Gasteiger partial charge in [0.05, 0.1) is 17.8 Å². The Balaban J connectivity index is 1.96. The molecule has 0 spiro atoms. The fraction of sp³-hybridized carbons (Fsp3) is 0.588. The lowest BCUT2D eigenvalue weighted by atomic mass is 10.00. The van der Waals surface area contributed by atoms with Gasteiger partial charge in [0.25, 0.3) is 0 Å². The van der Waals surface area contributed by atoms with Crippen molar-refractivity contribution < 1.29 is 17.9 Å². The molecule has 1 aliphatic heterocycles. The second-order valence-electron chi connectivity index (χ2n) is 6.44. The molecule has 0 bridgehead atoms. The zero-order chi connectivity index (χ0) is 17.7. The van der Waals surface area contributed by atoms with Crippen molar-refractivity contribution in [1.29, 1.82) is 0 Å². The van der Waals surface area contributed by atoms with Gasteiger partial charge >= 0.3 is 0 Å². The molecule has 6 nitrogen and oxygen atoms in total. The molecular formula is C17H26N2O4S. The summed E-state index contributed by atoms with van der Waals surface area (Å²) in [6, 6.07) is 6.70. The monoisotopic (exact) mass is 354 g/mol. The Morgan fingerprint density at radius 3 is 2.62 bits per heavy atom. The lowest BCUT2D eigenvalue weighted by Crippen LogP contribution is -2.48. The maximum atomic E-state index is 12.5. The number of benzene rings is 1. The number of piperidine rings is 1. The van der Waals surface area contributed by atoms with Gasteiger partial charge in [-0.1, -0.05) is 6.92 Å². The second-order valence-corrected chi connectivity index (χ2v) is 8.48. The van der Waals surface area contributed by atoms with Crippen molar-refractivity contribution in [3.8, 4) is 5.75 Å². The number of carbonyl (C=O) groups is 1. The lowest BCUT2D eigenvalue weighted by Gasteiger charge is -2.29. The minimum absolute atomic E-state index is 0.111. The van der Waals surface area contributed by atoms with Crippen LogP contribution in [0, 0.1) is 5.92 Å². The standard InChI is InChI=1S/C17H26N2O4S/c1-12(17(20)19-14-8-9-18-13(2)10-14)11-24(21,22)16-6-4-15(23-3)5-7-16/h4-7,12-14,18H,8-11H2,1-3H3,(H,19,20). The van der Waals surface area contributed by atoms with E-state index in [-0.39, 0.29) is 22.6 Å². The maximum Gasteiger partial charge on any atom is 0.224 e. The highest BCUT2D eigenvalue weighted by atomic mass is 32.2. The summed E-state index contributed by atoms with van der Waals surface area (Å²) < 4.78 is 30.0. The normalized spacial score (nSPS) is 22.6. The van der Waals surface area contributed by atoms with Crippen LogP contribution in [0.15, 0.2) is 29.2 Å². The Bertz CT molecular complexity index is 658. The molecule has 3 unspecified atom stereocenters. The number of rotatable bonds is 6. The molecule has 1 amide bonds. The third-order valence-corrected chi connectivity index (χ3v) is 6.23. The van der Waals surface area contributed by atoms with E-state index in [1.54, 1.807) is 19.1 Å². The van der Waals surface area contributed by atoms with Crippen molar-refractivity contribution in [3.05, 3.63) is 24.3 Å². The summed E-state index contributed by atoms with van der Waals surface area (Å²) in [5.41, 5.74) is 0. The minimum atomic E-state index is -3.51. The first-order valence-corrected chi connectivity index (χ1v) is 9.87. The van der Waals surface area contributed by atoms with Crippen LogP contribution >= 0.6 is 0 Å². The average molecular weight is 354 g/mol. The Kier molecular flexibility index (Phi) is 6.23. The number of hydrogen-bond donors (Lipinski definition) is 2. The van der Waals surface area contributed by atoms with E-state index in [0.717, 1.165) is 19.4 Å². The molecule has 1 heterocycles. The van der Waals surface area contributed by atoms with E-state index in [1.165, 1.54) is 19.2 Å². The summed E-state index contributed by atoms with van der Waals surface area (Å²) in [4.78, 5) is 12.5. The third kappa shape index (κ3) is 4.95. The number of nitrogens with one attached hydrogen (secondary N) is 2. The van der Waals surface area contributed by atoms with Crippen molar-refractivity contribution in [2.45, 2.75) is 43.7 Å². The van der Waals surface area contributed by atoms with E-state index in [0.29, 0.717) is 11.8 Å². The molecule has 0 radical (unpaired) electrons. The van der Waals surface area contributed by atoms with Crippen LogP contribution in [0.3, 0.4) is 0 Å². The molecule has 0 saturated carbocycles. The van der Waals surface area contributed by atoms with E-state index in [4.69, 9.17) is 4.74 Å². The Hall–Kier alpha value is -1.60. The molecule has 134 valence electrons. The van der Waals surface area contributed by atoms with E-state index in [9.17, 15) is 13.2 Å². The fourth-order valence-corrected chi connectivity index (χ4v) is 4.44. The quantitative estimate of drug-likeness (QED) is 0.806. The Labute approximate surface area is 143 Å². The zero-order valence-electron chi connectivity index (χ0n) is 14.4. The van der Waals surface area contributed by atoms with Gasteiger partial charge in [0.2, 0.25) is 5.91 Å². The first-order chi connectivity index (χ1) is 11.3. The molecule has 2 N–H and O–H groups in total. The first-order valence-electron chi connectivity index (χ1n) is 8.22. The van der Waals surface area contributed by atoms with E-state index >= 15 is 0 Å². The highest BCUT2D eigenvalue weighted by Crippen LogP contribution is 2.19. The first kappa shape index (κ1) is 18.7. The fourth-order valence-electron chi connectivity index (χ4n) is 2.89. The Morgan fingerprint density at radius 1 is 1.38 bits per heavy atom. The smallest absolute Gasteiger partial charge is 0.224 e. The van der Waals surface area contributed by atoms with Gasteiger partial charge in [-0.25, -0.2) is 8.42 Å². The molecular weight excluding hydrogens is 328 g/mol. The van der Waals surface area contributed by atoms with Crippen molar-refractivity contribution in [2.75, 3.05) is 19.4 Å². The van der Waals surface area contributed by atoms with Gasteiger partial charge in [0.1, 0.15) is 5.75 Å². The zero-order valence-corrected chi connectivity index (χ0v) is 15.2. The van der Waals surface area contributed by atoms with Gasteiger partial charge in [-0.3, -0.25) is 4.79 Å². The summed E-state index contributed by atoms with van der Waals surface area (Å²) in [7, 11) is -1.98. The van der Waals surface area contributed by atoms with Crippen LogP contribution in [0.2, 0.25) is 0 Å². The predicted octanol–water partition coefficient (Wildman–Crippen LogP) is 1.36. The van der Waals surface area contributed by atoms with Crippen LogP contribution in [0.4, 0.5) is 0 Å². The van der Waals surface area contributed by atoms with Crippen LogP contribution in [0.5, 0.6) is 5.75 Å². The average Bonchev–Trinajstić information content (AvgIpc) is 2.54. The van der Waals surface area contributed by atoms with Gasteiger partial charge in [-0.15, -0.1) is 0 Å². The van der Waals surface area contributed by atoms with Gasteiger partial charge in [-0.2, -0.15) is 0 Å². The van der Waals surface area contributed by atoms with E-state index < -0.39 is 15.8 Å². The van der Waals surface area contributed by atoms with Crippen molar-refractivity contribution in [1.82, 2.24) is 10.6 Å². The van der Waals surface area contributed by atoms with Gasteiger partial charge in [0.15, 0.2) is 9.84 Å². The summed E-state index contributed by atoms with van der Waals surface area (Å²) in [6.45, 7) is 4.60. The van der Waals surface area contributed by atoms with Crippen LogP contribution in [0.1, 0.15) is 26.7 Å². The second kappa shape index (κ2) is 7.98. The van der Waals surface area contributed by atoms with E-state index in [1.807, 2.05) is 0 Å². The summed E-state index contributed by atoms with van der Waals surface area (Å²) in [6.07, 6.45) is 1.73. The molecule has 1 aromatic carbocycles. The molecule has 0 aliphatic carbocycles.